The minimum Gasteiger partial charge on any atom is -0.445 e. The quantitative estimate of drug-likeness (QED) is 0.718. The van der Waals surface area contributed by atoms with Crippen molar-refractivity contribution in [3.63, 3.8) is 0 Å². The van der Waals surface area contributed by atoms with Gasteiger partial charge in [0.1, 0.15) is 6.61 Å². The van der Waals surface area contributed by atoms with Crippen LogP contribution in [0.1, 0.15) is 12.8 Å². The highest BCUT2D eigenvalue weighted by molar-refractivity contribution is 5.67. The highest BCUT2D eigenvalue weighted by Gasteiger charge is 2.33. The minimum absolute atomic E-state index is 0.133. The maximum Gasteiger partial charge on any atom is 0.407 e. The monoisotopic (exact) mass is 221 g/mol. The second kappa shape index (κ2) is 5.65. The van der Waals surface area contributed by atoms with Crippen molar-refractivity contribution < 1.29 is 23.0 Å². The van der Waals surface area contributed by atoms with Crippen molar-refractivity contribution in [3.05, 3.63) is 12.7 Å². The van der Waals surface area contributed by atoms with Gasteiger partial charge < -0.3 is 14.8 Å². The minimum atomic E-state index is -2.75. The van der Waals surface area contributed by atoms with Crippen LogP contribution in [-0.2, 0) is 9.47 Å². The van der Waals surface area contributed by atoms with E-state index in [1.54, 1.807) is 0 Å². The Labute approximate surface area is 86.2 Å². The fraction of sp³-hybridized carbons (Fsp3) is 0.667. The molecule has 1 aliphatic rings. The third-order valence-corrected chi connectivity index (χ3v) is 2.04. The fourth-order valence-corrected chi connectivity index (χ4v) is 1.28. The van der Waals surface area contributed by atoms with Crippen LogP contribution in [0.25, 0.3) is 0 Å². The van der Waals surface area contributed by atoms with Crippen molar-refractivity contribution in [1.29, 1.82) is 0 Å². The molecule has 0 saturated heterocycles. The van der Waals surface area contributed by atoms with Crippen molar-refractivity contribution in [2.45, 2.75) is 31.6 Å². The zero-order valence-corrected chi connectivity index (χ0v) is 8.12. The summed E-state index contributed by atoms with van der Waals surface area (Å²) in [5.41, 5.74) is 0. The molecule has 4 nitrogen and oxygen atoms in total. The molecule has 0 spiro atoms. The number of rotatable bonds is 5. The molecule has 0 aromatic carbocycles. The molecule has 0 radical (unpaired) electrons. The Hall–Kier alpha value is -1.17. The average Bonchev–Trinajstić information content (AvgIpc) is 2.10. The molecule has 0 aliphatic heterocycles. The first-order chi connectivity index (χ1) is 7.11. The number of alkyl carbamates (subject to hydrolysis) is 1. The predicted molar refractivity (Wildman–Crippen MR) is 48.6 cm³/mol. The Morgan fingerprint density at radius 1 is 1.60 bits per heavy atom. The van der Waals surface area contributed by atoms with Gasteiger partial charge in [0, 0.05) is 6.04 Å². The molecule has 0 unspecified atom stereocenters. The maximum absolute atomic E-state index is 11.7. The van der Waals surface area contributed by atoms with Gasteiger partial charge in [0.05, 0.1) is 6.10 Å². The number of amides is 1. The molecule has 1 fully saturated rings. The van der Waals surface area contributed by atoms with Crippen molar-refractivity contribution in [2.75, 3.05) is 6.61 Å². The molecule has 0 aromatic heterocycles. The van der Waals surface area contributed by atoms with Crippen LogP contribution in [0.5, 0.6) is 0 Å². The van der Waals surface area contributed by atoms with E-state index < -0.39 is 18.8 Å². The molecular formula is C9H13F2NO3. The van der Waals surface area contributed by atoms with Crippen LogP contribution in [0, 0.1) is 0 Å². The van der Waals surface area contributed by atoms with Gasteiger partial charge in [0.25, 0.3) is 0 Å². The first-order valence-corrected chi connectivity index (χ1v) is 4.59. The lowest BCUT2D eigenvalue weighted by Crippen LogP contribution is -2.48. The second-order valence-electron chi connectivity index (χ2n) is 3.22. The summed E-state index contributed by atoms with van der Waals surface area (Å²) in [6, 6.07) is -0.133. The SMILES string of the molecule is C=CCOC(=O)NC1CC(OC(F)F)C1. The van der Waals surface area contributed by atoms with Crippen LogP contribution < -0.4 is 5.32 Å². The lowest BCUT2D eigenvalue weighted by atomic mass is 9.89. The number of alkyl halides is 2. The van der Waals surface area contributed by atoms with Gasteiger partial charge in [-0.05, 0) is 12.8 Å². The normalized spacial score (nSPS) is 24.5. The summed E-state index contributed by atoms with van der Waals surface area (Å²) in [4.78, 5) is 11.0. The summed E-state index contributed by atoms with van der Waals surface area (Å²) in [5.74, 6) is 0. The van der Waals surface area contributed by atoms with E-state index in [1.165, 1.54) is 6.08 Å². The summed E-state index contributed by atoms with van der Waals surface area (Å²) in [6.07, 6.45) is 1.22. The smallest absolute Gasteiger partial charge is 0.407 e. The molecule has 86 valence electrons. The van der Waals surface area contributed by atoms with E-state index in [0.717, 1.165) is 0 Å². The van der Waals surface area contributed by atoms with Crippen molar-refractivity contribution in [2.24, 2.45) is 0 Å². The number of nitrogens with one attached hydrogen (secondary N) is 1. The maximum atomic E-state index is 11.7. The Balaban J connectivity index is 2.06. The van der Waals surface area contributed by atoms with E-state index in [4.69, 9.17) is 0 Å². The molecule has 1 aliphatic carbocycles. The summed E-state index contributed by atoms with van der Waals surface area (Å²) in [7, 11) is 0. The summed E-state index contributed by atoms with van der Waals surface area (Å²) in [6.45, 7) is 0.770. The number of carbonyl (C=O) groups is 1. The molecule has 1 saturated carbocycles. The van der Waals surface area contributed by atoms with E-state index in [1.807, 2.05) is 0 Å². The Morgan fingerprint density at radius 3 is 2.80 bits per heavy atom. The van der Waals surface area contributed by atoms with Crippen LogP contribution in [-0.4, -0.2) is 31.5 Å². The predicted octanol–water partition coefficient (Wildman–Crippen LogP) is 1.67. The summed E-state index contributed by atoms with van der Waals surface area (Å²) in [5, 5.41) is 2.52. The van der Waals surface area contributed by atoms with E-state index >= 15 is 0 Å². The van der Waals surface area contributed by atoms with Gasteiger partial charge >= 0.3 is 12.7 Å². The molecule has 0 bridgehead atoms. The van der Waals surface area contributed by atoms with Gasteiger partial charge in [-0.25, -0.2) is 4.79 Å². The van der Waals surface area contributed by atoms with Gasteiger partial charge in [0.2, 0.25) is 0 Å². The standard InChI is InChI=1S/C9H13F2NO3/c1-2-3-14-9(13)12-6-4-7(5-6)15-8(10)11/h2,6-8H,1,3-5H2,(H,12,13). The van der Waals surface area contributed by atoms with Gasteiger partial charge in [-0.3, -0.25) is 0 Å². The molecule has 0 heterocycles. The molecule has 1 N–H and O–H groups in total. The molecule has 0 aromatic rings. The fourth-order valence-electron chi connectivity index (χ4n) is 1.28. The zero-order valence-electron chi connectivity index (χ0n) is 8.12. The summed E-state index contributed by atoms with van der Waals surface area (Å²) >= 11 is 0. The topological polar surface area (TPSA) is 47.6 Å². The van der Waals surface area contributed by atoms with Crippen molar-refractivity contribution in [1.82, 2.24) is 5.32 Å². The Morgan fingerprint density at radius 2 is 2.27 bits per heavy atom. The van der Waals surface area contributed by atoms with E-state index in [2.05, 4.69) is 21.4 Å². The third kappa shape index (κ3) is 4.24. The van der Waals surface area contributed by atoms with Crippen LogP contribution in [0.4, 0.5) is 13.6 Å². The number of hydrogen-bond acceptors (Lipinski definition) is 3. The first kappa shape index (κ1) is 11.9. The average molecular weight is 221 g/mol. The van der Waals surface area contributed by atoms with Gasteiger partial charge in [0.15, 0.2) is 0 Å². The molecular weight excluding hydrogens is 208 g/mol. The lowest BCUT2D eigenvalue weighted by molar-refractivity contribution is -0.185. The Kier molecular flexibility index (Phi) is 4.48. The Bertz CT molecular complexity index is 229. The van der Waals surface area contributed by atoms with Crippen LogP contribution in [0.2, 0.25) is 0 Å². The van der Waals surface area contributed by atoms with Crippen LogP contribution in [0.15, 0.2) is 12.7 Å². The molecule has 1 rings (SSSR count). The highest BCUT2D eigenvalue weighted by atomic mass is 19.3. The largest absolute Gasteiger partial charge is 0.445 e. The van der Waals surface area contributed by atoms with E-state index in [9.17, 15) is 13.6 Å². The number of carbonyl (C=O) groups excluding carboxylic acids is 1. The number of ether oxygens (including phenoxy) is 2. The summed E-state index contributed by atoms with van der Waals surface area (Å²) < 4.78 is 32.3. The number of hydrogen-bond donors (Lipinski definition) is 1. The molecule has 6 heteroatoms. The van der Waals surface area contributed by atoms with Gasteiger partial charge in [-0.2, -0.15) is 8.78 Å². The van der Waals surface area contributed by atoms with Gasteiger partial charge in [-0.15, -0.1) is 0 Å². The van der Waals surface area contributed by atoms with Gasteiger partial charge in [-0.1, -0.05) is 12.7 Å². The first-order valence-electron chi connectivity index (χ1n) is 4.59. The molecule has 1 amide bonds. The van der Waals surface area contributed by atoms with E-state index in [-0.39, 0.29) is 12.6 Å². The third-order valence-electron chi connectivity index (χ3n) is 2.04. The van der Waals surface area contributed by atoms with Crippen molar-refractivity contribution >= 4 is 6.09 Å². The lowest BCUT2D eigenvalue weighted by Gasteiger charge is -2.34. The van der Waals surface area contributed by atoms with Crippen LogP contribution >= 0.6 is 0 Å². The second-order valence-corrected chi connectivity index (χ2v) is 3.22. The molecule has 0 atom stereocenters. The molecule has 15 heavy (non-hydrogen) atoms. The van der Waals surface area contributed by atoms with E-state index in [0.29, 0.717) is 12.8 Å². The highest BCUT2D eigenvalue weighted by Crippen LogP contribution is 2.25. The zero-order chi connectivity index (χ0) is 11.3. The van der Waals surface area contributed by atoms with Crippen molar-refractivity contribution in [3.8, 4) is 0 Å². The number of halogens is 2. The van der Waals surface area contributed by atoms with Crippen LogP contribution in [0.3, 0.4) is 0 Å².